The Bertz CT molecular complexity index is 376. The normalized spacial score (nSPS) is 10.3. The van der Waals surface area contributed by atoms with Gasteiger partial charge in [0.1, 0.15) is 17.1 Å². The summed E-state index contributed by atoms with van der Waals surface area (Å²) in [5, 5.41) is 11.9. The van der Waals surface area contributed by atoms with Gasteiger partial charge >= 0.3 is 0 Å². The van der Waals surface area contributed by atoms with Crippen molar-refractivity contribution < 1.29 is 19.0 Å². The summed E-state index contributed by atoms with van der Waals surface area (Å²) in [7, 11) is 0. The summed E-state index contributed by atoms with van der Waals surface area (Å²) in [4.78, 5) is 11.6. The average Bonchev–Trinajstić information content (AvgIpc) is 2.33. The van der Waals surface area contributed by atoms with E-state index in [-0.39, 0.29) is 17.9 Å². The van der Waals surface area contributed by atoms with Gasteiger partial charge in [-0.2, -0.15) is 0 Å². The van der Waals surface area contributed by atoms with E-state index < -0.39 is 11.7 Å². The Balaban J connectivity index is 2.37. The van der Waals surface area contributed by atoms with Crippen molar-refractivity contribution in [1.82, 2.24) is 5.32 Å². The van der Waals surface area contributed by atoms with Gasteiger partial charge in [0.25, 0.3) is 5.91 Å². The van der Waals surface area contributed by atoms with Crippen molar-refractivity contribution in [3.8, 4) is 5.75 Å². The highest BCUT2D eigenvalue weighted by Gasteiger charge is 2.15. The molecule has 0 atom stereocenters. The molecule has 0 saturated heterocycles. The van der Waals surface area contributed by atoms with Crippen LogP contribution in [-0.4, -0.2) is 30.8 Å². The predicted molar refractivity (Wildman–Crippen MR) is 66.1 cm³/mol. The standard InChI is InChI=1S/C13H18FNO3/c1-2-3-8-18-9-7-15-13(17)12-10(14)5-4-6-11(12)16/h4-6,16H,2-3,7-9H2,1H3,(H,15,17). The lowest BCUT2D eigenvalue weighted by atomic mass is 10.2. The molecule has 0 aliphatic carbocycles. The molecule has 0 heterocycles. The summed E-state index contributed by atoms with van der Waals surface area (Å²) < 4.78 is 18.6. The molecular formula is C13H18FNO3. The van der Waals surface area contributed by atoms with Crippen LogP contribution in [0, 0.1) is 5.82 Å². The van der Waals surface area contributed by atoms with E-state index in [9.17, 15) is 14.3 Å². The van der Waals surface area contributed by atoms with Crippen LogP contribution in [0.2, 0.25) is 0 Å². The predicted octanol–water partition coefficient (Wildman–Crippen LogP) is 2.08. The van der Waals surface area contributed by atoms with Crippen molar-refractivity contribution in [2.75, 3.05) is 19.8 Å². The van der Waals surface area contributed by atoms with Crippen molar-refractivity contribution >= 4 is 5.91 Å². The number of carbonyl (C=O) groups is 1. The van der Waals surface area contributed by atoms with E-state index in [2.05, 4.69) is 12.2 Å². The Morgan fingerprint density at radius 1 is 1.44 bits per heavy atom. The molecular weight excluding hydrogens is 237 g/mol. The van der Waals surface area contributed by atoms with Crippen LogP contribution in [0.3, 0.4) is 0 Å². The molecule has 0 spiro atoms. The number of rotatable bonds is 7. The molecule has 18 heavy (non-hydrogen) atoms. The van der Waals surface area contributed by atoms with Crippen molar-refractivity contribution in [1.29, 1.82) is 0 Å². The first-order valence-electron chi connectivity index (χ1n) is 6.00. The number of ether oxygens (including phenoxy) is 1. The second kappa shape index (κ2) is 7.66. The molecule has 0 aliphatic heterocycles. The van der Waals surface area contributed by atoms with Crippen LogP contribution < -0.4 is 5.32 Å². The molecule has 0 radical (unpaired) electrons. The number of benzene rings is 1. The molecule has 5 heteroatoms. The van der Waals surface area contributed by atoms with Gasteiger partial charge in [-0.3, -0.25) is 4.79 Å². The van der Waals surface area contributed by atoms with E-state index in [0.717, 1.165) is 18.9 Å². The molecule has 1 amide bonds. The molecule has 4 nitrogen and oxygen atoms in total. The van der Waals surface area contributed by atoms with E-state index in [0.29, 0.717) is 13.2 Å². The summed E-state index contributed by atoms with van der Waals surface area (Å²) in [6.07, 6.45) is 2.03. The van der Waals surface area contributed by atoms with E-state index in [1.807, 2.05) is 0 Å². The molecule has 0 unspecified atom stereocenters. The number of hydrogen-bond donors (Lipinski definition) is 2. The highest BCUT2D eigenvalue weighted by atomic mass is 19.1. The van der Waals surface area contributed by atoms with Gasteiger partial charge in [0.15, 0.2) is 0 Å². The summed E-state index contributed by atoms with van der Waals surface area (Å²) in [6.45, 7) is 3.38. The van der Waals surface area contributed by atoms with Gasteiger partial charge in [-0.25, -0.2) is 4.39 Å². The molecule has 1 aromatic rings. The molecule has 100 valence electrons. The van der Waals surface area contributed by atoms with Crippen LogP contribution in [0.25, 0.3) is 0 Å². The third-order valence-electron chi connectivity index (χ3n) is 2.39. The zero-order chi connectivity index (χ0) is 13.4. The molecule has 1 rings (SSSR count). The summed E-state index contributed by atoms with van der Waals surface area (Å²) in [5.41, 5.74) is -0.328. The van der Waals surface area contributed by atoms with Gasteiger partial charge in [0.05, 0.1) is 6.61 Å². The number of hydrogen-bond acceptors (Lipinski definition) is 3. The van der Waals surface area contributed by atoms with Gasteiger partial charge in [-0.1, -0.05) is 19.4 Å². The molecule has 0 saturated carbocycles. The fraction of sp³-hybridized carbons (Fsp3) is 0.462. The molecule has 0 fully saturated rings. The second-order valence-corrected chi connectivity index (χ2v) is 3.86. The van der Waals surface area contributed by atoms with Gasteiger partial charge in [-0.05, 0) is 18.6 Å². The Morgan fingerprint density at radius 3 is 2.89 bits per heavy atom. The van der Waals surface area contributed by atoms with Crippen molar-refractivity contribution in [2.45, 2.75) is 19.8 Å². The van der Waals surface area contributed by atoms with E-state index in [1.165, 1.54) is 12.1 Å². The minimum Gasteiger partial charge on any atom is -0.507 e. The summed E-state index contributed by atoms with van der Waals surface area (Å²) in [6, 6.07) is 3.75. The third kappa shape index (κ3) is 4.33. The Labute approximate surface area is 106 Å². The zero-order valence-electron chi connectivity index (χ0n) is 10.4. The number of phenolic OH excluding ortho intramolecular Hbond substituents is 1. The number of aromatic hydroxyl groups is 1. The van der Waals surface area contributed by atoms with Crippen LogP contribution in [0.15, 0.2) is 18.2 Å². The molecule has 0 bridgehead atoms. The van der Waals surface area contributed by atoms with Crippen LogP contribution in [-0.2, 0) is 4.74 Å². The number of nitrogens with one attached hydrogen (secondary N) is 1. The molecule has 1 aromatic carbocycles. The highest BCUT2D eigenvalue weighted by molar-refractivity contribution is 5.97. The summed E-state index contributed by atoms with van der Waals surface area (Å²) >= 11 is 0. The van der Waals surface area contributed by atoms with Crippen molar-refractivity contribution in [3.63, 3.8) is 0 Å². The largest absolute Gasteiger partial charge is 0.507 e. The maximum Gasteiger partial charge on any atom is 0.258 e. The number of phenols is 1. The zero-order valence-corrected chi connectivity index (χ0v) is 10.4. The molecule has 2 N–H and O–H groups in total. The van der Waals surface area contributed by atoms with E-state index in [1.54, 1.807) is 0 Å². The Kier molecular flexibility index (Phi) is 6.14. The topological polar surface area (TPSA) is 58.6 Å². The Morgan fingerprint density at radius 2 is 2.22 bits per heavy atom. The number of carbonyl (C=O) groups excluding carboxylic acids is 1. The lowest BCUT2D eigenvalue weighted by molar-refractivity contribution is 0.0906. The monoisotopic (exact) mass is 255 g/mol. The van der Waals surface area contributed by atoms with Crippen LogP contribution in [0.1, 0.15) is 30.1 Å². The number of halogens is 1. The molecule has 0 aliphatic rings. The second-order valence-electron chi connectivity index (χ2n) is 3.86. The van der Waals surface area contributed by atoms with Gasteiger partial charge in [0, 0.05) is 13.2 Å². The first-order chi connectivity index (χ1) is 8.66. The molecule has 0 aromatic heterocycles. The van der Waals surface area contributed by atoms with Gasteiger partial charge < -0.3 is 15.2 Å². The van der Waals surface area contributed by atoms with Crippen LogP contribution >= 0.6 is 0 Å². The summed E-state index contributed by atoms with van der Waals surface area (Å²) in [5.74, 6) is -1.73. The van der Waals surface area contributed by atoms with Crippen LogP contribution in [0.5, 0.6) is 5.75 Å². The van der Waals surface area contributed by atoms with E-state index >= 15 is 0 Å². The SMILES string of the molecule is CCCCOCCNC(=O)c1c(O)cccc1F. The van der Waals surface area contributed by atoms with Crippen molar-refractivity contribution in [2.24, 2.45) is 0 Å². The smallest absolute Gasteiger partial charge is 0.258 e. The van der Waals surface area contributed by atoms with Crippen LogP contribution in [0.4, 0.5) is 4.39 Å². The number of amides is 1. The number of unbranched alkanes of at least 4 members (excludes halogenated alkanes) is 1. The quantitative estimate of drug-likeness (QED) is 0.733. The van der Waals surface area contributed by atoms with Crippen molar-refractivity contribution in [3.05, 3.63) is 29.6 Å². The van der Waals surface area contributed by atoms with Gasteiger partial charge in [-0.15, -0.1) is 0 Å². The van der Waals surface area contributed by atoms with Gasteiger partial charge in [0.2, 0.25) is 0 Å². The first kappa shape index (κ1) is 14.4. The maximum absolute atomic E-state index is 13.3. The highest BCUT2D eigenvalue weighted by Crippen LogP contribution is 2.19. The lowest BCUT2D eigenvalue weighted by Gasteiger charge is -2.08. The third-order valence-corrected chi connectivity index (χ3v) is 2.39. The maximum atomic E-state index is 13.3. The minimum absolute atomic E-state index is 0.288. The Hall–Kier alpha value is -1.62. The van der Waals surface area contributed by atoms with E-state index in [4.69, 9.17) is 4.74 Å². The lowest BCUT2D eigenvalue weighted by Crippen LogP contribution is -2.28. The fourth-order valence-electron chi connectivity index (χ4n) is 1.41. The average molecular weight is 255 g/mol. The fourth-order valence-corrected chi connectivity index (χ4v) is 1.41. The first-order valence-corrected chi connectivity index (χ1v) is 6.00. The minimum atomic E-state index is -0.737.